The maximum atomic E-state index is 12.8. The average Bonchev–Trinajstić information content (AvgIpc) is 2.68. The molecule has 2 heterocycles. The molecule has 1 aromatic heterocycles. The first-order valence-electron chi connectivity index (χ1n) is 8.04. The standard InChI is InChI=1S/C20H16N2O3/c23-20(22-12-13-24-18-9-5-4-8-17(18)22)15-10-11-19(21-14-15)25-16-6-2-1-3-7-16/h1-11,14H,12-13H2. The third-order valence-corrected chi connectivity index (χ3v) is 3.92. The molecule has 4 rings (SSSR count). The first kappa shape index (κ1) is 15.2. The van der Waals surface area contributed by atoms with E-state index in [9.17, 15) is 4.79 Å². The summed E-state index contributed by atoms with van der Waals surface area (Å²) >= 11 is 0. The highest BCUT2D eigenvalue weighted by molar-refractivity contribution is 6.07. The highest BCUT2D eigenvalue weighted by atomic mass is 16.5. The summed E-state index contributed by atoms with van der Waals surface area (Å²) in [5.74, 6) is 1.77. The predicted octanol–water partition coefficient (Wildman–Crippen LogP) is 3.91. The molecule has 0 aliphatic carbocycles. The Bertz CT molecular complexity index is 879. The zero-order chi connectivity index (χ0) is 17.1. The quantitative estimate of drug-likeness (QED) is 0.729. The number of pyridine rings is 1. The molecule has 0 N–H and O–H groups in total. The fourth-order valence-electron chi connectivity index (χ4n) is 2.71. The summed E-state index contributed by atoms with van der Waals surface area (Å²) in [5.41, 5.74) is 1.29. The summed E-state index contributed by atoms with van der Waals surface area (Å²) in [7, 11) is 0. The van der Waals surface area contributed by atoms with Gasteiger partial charge < -0.3 is 14.4 Å². The van der Waals surface area contributed by atoms with Gasteiger partial charge in [0.25, 0.3) is 5.91 Å². The van der Waals surface area contributed by atoms with E-state index in [0.717, 1.165) is 11.4 Å². The number of rotatable bonds is 3. The Labute approximate surface area is 145 Å². The third-order valence-electron chi connectivity index (χ3n) is 3.92. The van der Waals surface area contributed by atoms with Crippen molar-refractivity contribution in [3.63, 3.8) is 0 Å². The number of hydrogen-bond acceptors (Lipinski definition) is 4. The highest BCUT2D eigenvalue weighted by Gasteiger charge is 2.24. The number of anilines is 1. The Morgan fingerprint density at radius 2 is 1.80 bits per heavy atom. The Kier molecular flexibility index (Phi) is 4.04. The van der Waals surface area contributed by atoms with Gasteiger partial charge in [-0.15, -0.1) is 0 Å². The van der Waals surface area contributed by atoms with Crippen molar-refractivity contribution in [3.05, 3.63) is 78.5 Å². The van der Waals surface area contributed by atoms with Gasteiger partial charge in [0.15, 0.2) is 0 Å². The van der Waals surface area contributed by atoms with E-state index in [1.807, 2.05) is 54.6 Å². The van der Waals surface area contributed by atoms with Crippen LogP contribution in [0.1, 0.15) is 10.4 Å². The van der Waals surface area contributed by atoms with Gasteiger partial charge in [-0.25, -0.2) is 4.98 Å². The van der Waals surface area contributed by atoms with Crippen LogP contribution in [0.2, 0.25) is 0 Å². The first-order valence-corrected chi connectivity index (χ1v) is 8.04. The molecule has 25 heavy (non-hydrogen) atoms. The van der Waals surface area contributed by atoms with Crippen molar-refractivity contribution in [1.82, 2.24) is 4.98 Å². The van der Waals surface area contributed by atoms with E-state index in [1.165, 1.54) is 0 Å². The van der Waals surface area contributed by atoms with Crippen LogP contribution in [0.15, 0.2) is 72.9 Å². The molecule has 2 aromatic carbocycles. The number of nitrogens with zero attached hydrogens (tertiary/aromatic N) is 2. The lowest BCUT2D eigenvalue weighted by molar-refractivity contribution is 0.0976. The molecule has 0 fully saturated rings. The van der Waals surface area contributed by atoms with Crippen LogP contribution in [-0.2, 0) is 0 Å². The van der Waals surface area contributed by atoms with Gasteiger partial charge in [-0.1, -0.05) is 30.3 Å². The maximum absolute atomic E-state index is 12.8. The molecule has 3 aromatic rings. The van der Waals surface area contributed by atoms with E-state index in [1.54, 1.807) is 23.2 Å². The lowest BCUT2D eigenvalue weighted by Crippen LogP contribution is -2.37. The average molecular weight is 332 g/mol. The van der Waals surface area contributed by atoms with Crippen LogP contribution in [0.3, 0.4) is 0 Å². The number of amides is 1. The number of hydrogen-bond donors (Lipinski definition) is 0. The van der Waals surface area contributed by atoms with Crippen LogP contribution >= 0.6 is 0 Å². The number of ether oxygens (including phenoxy) is 2. The molecule has 1 aliphatic heterocycles. The van der Waals surface area contributed by atoms with Crippen LogP contribution in [0, 0.1) is 0 Å². The van der Waals surface area contributed by atoms with Crippen LogP contribution in [-0.4, -0.2) is 24.0 Å². The van der Waals surface area contributed by atoms with Gasteiger partial charge >= 0.3 is 0 Å². The zero-order valence-electron chi connectivity index (χ0n) is 13.5. The van der Waals surface area contributed by atoms with Crippen molar-refractivity contribution in [3.8, 4) is 17.4 Å². The van der Waals surface area contributed by atoms with E-state index in [2.05, 4.69) is 4.98 Å². The van der Waals surface area contributed by atoms with Crippen molar-refractivity contribution in [1.29, 1.82) is 0 Å². The summed E-state index contributed by atoms with van der Waals surface area (Å²) in [5, 5.41) is 0. The number of carbonyl (C=O) groups is 1. The van der Waals surface area contributed by atoms with E-state index >= 15 is 0 Å². The minimum Gasteiger partial charge on any atom is -0.490 e. The van der Waals surface area contributed by atoms with Crippen molar-refractivity contribution < 1.29 is 14.3 Å². The fraction of sp³-hybridized carbons (Fsp3) is 0.100. The molecule has 0 unspecified atom stereocenters. The molecule has 0 atom stereocenters. The van der Waals surface area contributed by atoms with Crippen molar-refractivity contribution in [2.75, 3.05) is 18.1 Å². The number of benzene rings is 2. The summed E-state index contributed by atoms with van der Waals surface area (Å²) in [6, 6.07) is 20.4. The van der Waals surface area contributed by atoms with E-state index in [-0.39, 0.29) is 5.91 Å². The Balaban J connectivity index is 1.54. The molecular weight excluding hydrogens is 316 g/mol. The zero-order valence-corrected chi connectivity index (χ0v) is 13.5. The summed E-state index contributed by atoms with van der Waals surface area (Å²) in [6.07, 6.45) is 1.54. The van der Waals surface area contributed by atoms with E-state index in [0.29, 0.717) is 30.3 Å². The van der Waals surface area contributed by atoms with Crippen LogP contribution in [0.25, 0.3) is 0 Å². The number of aromatic nitrogens is 1. The second-order valence-corrected chi connectivity index (χ2v) is 5.57. The van der Waals surface area contributed by atoms with Crippen molar-refractivity contribution in [2.24, 2.45) is 0 Å². The molecule has 124 valence electrons. The number of fused-ring (bicyclic) bond motifs is 1. The minimum absolute atomic E-state index is 0.102. The Morgan fingerprint density at radius 1 is 1.00 bits per heavy atom. The monoisotopic (exact) mass is 332 g/mol. The molecule has 1 amide bonds. The molecule has 5 nitrogen and oxygen atoms in total. The molecule has 0 saturated carbocycles. The molecule has 0 spiro atoms. The molecule has 0 bridgehead atoms. The van der Waals surface area contributed by atoms with Gasteiger partial charge in [0, 0.05) is 12.3 Å². The fourth-order valence-corrected chi connectivity index (χ4v) is 2.71. The first-order chi connectivity index (χ1) is 12.3. The van der Waals surface area contributed by atoms with E-state index < -0.39 is 0 Å². The predicted molar refractivity (Wildman–Crippen MR) is 94.4 cm³/mol. The highest BCUT2D eigenvalue weighted by Crippen LogP contribution is 2.32. The SMILES string of the molecule is O=C(c1ccc(Oc2ccccc2)nc1)N1CCOc2ccccc21. The van der Waals surface area contributed by atoms with Gasteiger partial charge in [-0.2, -0.15) is 0 Å². The molecule has 0 radical (unpaired) electrons. The number of para-hydroxylation sites is 3. The van der Waals surface area contributed by atoms with Crippen LogP contribution in [0.5, 0.6) is 17.4 Å². The maximum Gasteiger partial charge on any atom is 0.260 e. The van der Waals surface area contributed by atoms with Crippen LogP contribution < -0.4 is 14.4 Å². The van der Waals surface area contributed by atoms with Gasteiger partial charge in [0.2, 0.25) is 5.88 Å². The lowest BCUT2D eigenvalue weighted by Gasteiger charge is -2.29. The number of carbonyl (C=O) groups excluding carboxylic acids is 1. The molecular formula is C20H16N2O3. The smallest absolute Gasteiger partial charge is 0.260 e. The second kappa shape index (κ2) is 6.65. The van der Waals surface area contributed by atoms with Crippen LogP contribution in [0.4, 0.5) is 5.69 Å². The van der Waals surface area contributed by atoms with Crippen molar-refractivity contribution >= 4 is 11.6 Å². The minimum atomic E-state index is -0.102. The Hall–Kier alpha value is -3.34. The topological polar surface area (TPSA) is 51.7 Å². The molecule has 5 heteroatoms. The molecule has 0 saturated heterocycles. The third kappa shape index (κ3) is 3.17. The summed E-state index contributed by atoms with van der Waals surface area (Å²) in [4.78, 5) is 18.8. The Morgan fingerprint density at radius 3 is 2.60 bits per heavy atom. The van der Waals surface area contributed by atoms with Crippen molar-refractivity contribution in [2.45, 2.75) is 0 Å². The second-order valence-electron chi connectivity index (χ2n) is 5.57. The van der Waals surface area contributed by atoms with Gasteiger partial charge in [-0.3, -0.25) is 4.79 Å². The lowest BCUT2D eigenvalue weighted by atomic mass is 10.2. The van der Waals surface area contributed by atoms with E-state index in [4.69, 9.17) is 9.47 Å². The summed E-state index contributed by atoms with van der Waals surface area (Å²) in [6.45, 7) is 0.990. The molecule has 1 aliphatic rings. The normalized spacial score (nSPS) is 12.9. The van der Waals surface area contributed by atoms with Gasteiger partial charge in [-0.05, 0) is 30.3 Å². The summed E-state index contributed by atoms with van der Waals surface area (Å²) < 4.78 is 11.3. The van der Waals surface area contributed by atoms with Gasteiger partial charge in [0.1, 0.15) is 18.1 Å². The largest absolute Gasteiger partial charge is 0.490 e. The van der Waals surface area contributed by atoms with Gasteiger partial charge in [0.05, 0.1) is 17.8 Å².